The highest BCUT2D eigenvalue weighted by atomic mass is 19.1. The van der Waals surface area contributed by atoms with Crippen molar-refractivity contribution in [2.24, 2.45) is 0 Å². The zero-order valence-electron chi connectivity index (χ0n) is 10.4. The van der Waals surface area contributed by atoms with Crippen LogP contribution in [-0.2, 0) is 6.42 Å². The molecule has 17 heavy (non-hydrogen) atoms. The smallest absolute Gasteiger partial charge is 0.186 e. The molecule has 0 aliphatic carbocycles. The molecule has 1 saturated heterocycles. The summed E-state index contributed by atoms with van der Waals surface area (Å²) in [6, 6.07) is 0.481. The minimum Gasteiger partial charge on any atom is -0.366 e. The summed E-state index contributed by atoms with van der Waals surface area (Å²) in [5, 5.41) is 3.09. The van der Waals surface area contributed by atoms with Crippen molar-refractivity contribution < 1.29 is 4.39 Å². The standard InChI is InChI=1S/C12H19FN4/c1-3-10-11(13)12(16-8-15-10)14-7-9-5-4-6-17(9)2/h8-9H,3-7H2,1-2H3,(H,14,15,16). The van der Waals surface area contributed by atoms with Crippen LogP contribution in [0.1, 0.15) is 25.5 Å². The van der Waals surface area contributed by atoms with Gasteiger partial charge >= 0.3 is 0 Å². The monoisotopic (exact) mass is 238 g/mol. The highest BCUT2D eigenvalue weighted by Gasteiger charge is 2.21. The lowest BCUT2D eigenvalue weighted by atomic mass is 10.2. The van der Waals surface area contributed by atoms with Crippen LogP contribution in [0.4, 0.5) is 10.2 Å². The summed E-state index contributed by atoms with van der Waals surface area (Å²) in [5.74, 6) is 0.0211. The first-order valence-corrected chi connectivity index (χ1v) is 6.15. The molecule has 0 radical (unpaired) electrons. The Hall–Kier alpha value is -1.23. The Morgan fingerprint density at radius 2 is 2.35 bits per heavy atom. The molecule has 1 atom stereocenters. The van der Waals surface area contributed by atoms with Crippen molar-refractivity contribution in [3.8, 4) is 0 Å². The molecule has 4 nitrogen and oxygen atoms in total. The molecule has 94 valence electrons. The lowest BCUT2D eigenvalue weighted by Gasteiger charge is -2.20. The lowest BCUT2D eigenvalue weighted by molar-refractivity contribution is 0.322. The van der Waals surface area contributed by atoms with Gasteiger partial charge in [0.25, 0.3) is 0 Å². The zero-order chi connectivity index (χ0) is 12.3. The number of nitrogens with zero attached hydrogens (tertiary/aromatic N) is 3. The van der Waals surface area contributed by atoms with Crippen LogP contribution in [0, 0.1) is 5.82 Å². The summed E-state index contributed by atoms with van der Waals surface area (Å²) < 4.78 is 13.8. The van der Waals surface area contributed by atoms with Gasteiger partial charge in [-0.05, 0) is 32.9 Å². The zero-order valence-corrected chi connectivity index (χ0v) is 10.4. The minimum absolute atomic E-state index is 0.310. The molecule has 0 aromatic carbocycles. The second-order valence-corrected chi connectivity index (χ2v) is 4.49. The Kier molecular flexibility index (Phi) is 3.89. The fourth-order valence-corrected chi connectivity index (χ4v) is 2.23. The Morgan fingerprint density at radius 1 is 1.53 bits per heavy atom. The summed E-state index contributed by atoms with van der Waals surface area (Å²) in [7, 11) is 2.10. The normalized spacial score (nSPS) is 20.8. The first-order chi connectivity index (χ1) is 8.22. The van der Waals surface area contributed by atoms with Crippen LogP contribution in [0.5, 0.6) is 0 Å². The summed E-state index contributed by atoms with van der Waals surface area (Å²) in [4.78, 5) is 10.2. The molecule has 5 heteroatoms. The van der Waals surface area contributed by atoms with E-state index in [-0.39, 0.29) is 5.82 Å². The van der Waals surface area contributed by atoms with Crippen molar-refractivity contribution in [2.45, 2.75) is 32.2 Å². The number of halogens is 1. The van der Waals surface area contributed by atoms with Crippen LogP contribution >= 0.6 is 0 Å². The summed E-state index contributed by atoms with van der Waals surface area (Å²) in [5.41, 5.74) is 0.474. The molecule has 1 N–H and O–H groups in total. The predicted molar refractivity (Wildman–Crippen MR) is 65.5 cm³/mol. The van der Waals surface area contributed by atoms with Crippen molar-refractivity contribution >= 4 is 5.82 Å². The molecule has 1 aliphatic rings. The van der Waals surface area contributed by atoms with Crippen LogP contribution in [-0.4, -0.2) is 41.0 Å². The van der Waals surface area contributed by atoms with E-state index in [1.54, 1.807) is 0 Å². The van der Waals surface area contributed by atoms with Gasteiger partial charge in [-0.2, -0.15) is 0 Å². The molecule has 0 amide bonds. The molecule has 1 aromatic rings. The molecule has 2 heterocycles. The van der Waals surface area contributed by atoms with Crippen LogP contribution in [0.2, 0.25) is 0 Å². The van der Waals surface area contributed by atoms with E-state index in [4.69, 9.17) is 0 Å². The number of aryl methyl sites for hydroxylation is 1. The third-order valence-corrected chi connectivity index (χ3v) is 3.37. The molecule has 0 bridgehead atoms. The maximum atomic E-state index is 13.8. The highest BCUT2D eigenvalue weighted by molar-refractivity contribution is 5.37. The maximum absolute atomic E-state index is 13.8. The summed E-state index contributed by atoms with van der Waals surface area (Å²) in [6.07, 6.45) is 4.39. The van der Waals surface area contributed by atoms with E-state index in [1.807, 2.05) is 6.92 Å². The van der Waals surface area contributed by atoms with Gasteiger partial charge in [-0.3, -0.25) is 0 Å². The second-order valence-electron chi connectivity index (χ2n) is 4.49. The van der Waals surface area contributed by atoms with Gasteiger partial charge in [0, 0.05) is 12.6 Å². The van der Waals surface area contributed by atoms with E-state index < -0.39 is 0 Å². The summed E-state index contributed by atoms with van der Waals surface area (Å²) >= 11 is 0. The molecule has 0 spiro atoms. The van der Waals surface area contributed by atoms with Crippen LogP contribution in [0.25, 0.3) is 0 Å². The molecular formula is C12H19FN4. The van der Waals surface area contributed by atoms with E-state index >= 15 is 0 Å². The quantitative estimate of drug-likeness (QED) is 0.866. The van der Waals surface area contributed by atoms with Gasteiger partial charge in [0.1, 0.15) is 6.33 Å². The van der Waals surface area contributed by atoms with Crippen LogP contribution in [0.3, 0.4) is 0 Å². The Bertz CT molecular complexity index is 383. The fourth-order valence-electron chi connectivity index (χ4n) is 2.23. The molecule has 1 aromatic heterocycles. The second kappa shape index (κ2) is 5.40. The number of likely N-dealkylation sites (N-methyl/N-ethyl adjacent to an activating group) is 1. The van der Waals surface area contributed by atoms with E-state index in [0.717, 1.165) is 19.5 Å². The van der Waals surface area contributed by atoms with Crippen molar-refractivity contribution in [3.63, 3.8) is 0 Å². The molecule has 1 aliphatic heterocycles. The highest BCUT2D eigenvalue weighted by Crippen LogP contribution is 2.17. The number of nitrogens with one attached hydrogen (secondary N) is 1. The molecular weight excluding hydrogens is 219 g/mol. The number of likely N-dealkylation sites (tertiary alicyclic amines) is 1. The average Bonchev–Trinajstić information content (AvgIpc) is 2.74. The Morgan fingerprint density at radius 3 is 3.00 bits per heavy atom. The minimum atomic E-state index is -0.310. The number of aromatic nitrogens is 2. The molecule has 2 rings (SSSR count). The largest absolute Gasteiger partial charge is 0.366 e. The number of hydrogen-bond donors (Lipinski definition) is 1. The third kappa shape index (κ3) is 2.72. The number of anilines is 1. The van der Waals surface area contributed by atoms with Crippen molar-refractivity contribution in [3.05, 3.63) is 17.8 Å². The SMILES string of the molecule is CCc1ncnc(NCC2CCCN2C)c1F. The van der Waals surface area contributed by atoms with Crippen molar-refractivity contribution in [1.82, 2.24) is 14.9 Å². The van der Waals surface area contributed by atoms with E-state index in [1.165, 1.54) is 12.7 Å². The van der Waals surface area contributed by atoms with Crippen molar-refractivity contribution in [1.29, 1.82) is 0 Å². The van der Waals surface area contributed by atoms with Gasteiger partial charge in [-0.1, -0.05) is 6.92 Å². The Labute approximate surface area is 101 Å². The van der Waals surface area contributed by atoms with Crippen LogP contribution in [0.15, 0.2) is 6.33 Å². The van der Waals surface area contributed by atoms with Gasteiger partial charge in [0.2, 0.25) is 0 Å². The van der Waals surface area contributed by atoms with Gasteiger partial charge in [-0.15, -0.1) is 0 Å². The van der Waals surface area contributed by atoms with Gasteiger partial charge in [-0.25, -0.2) is 14.4 Å². The third-order valence-electron chi connectivity index (χ3n) is 3.37. The molecule has 1 fully saturated rings. The molecule has 1 unspecified atom stereocenters. The fraction of sp³-hybridized carbons (Fsp3) is 0.667. The first kappa shape index (κ1) is 12.2. The summed E-state index contributed by atoms with van der Waals surface area (Å²) in [6.45, 7) is 3.76. The molecule has 0 saturated carbocycles. The van der Waals surface area contributed by atoms with Crippen LogP contribution < -0.4 is 5.32 Å². The van der Waals surface area contributed by atoms with E-state index in [9.17, 15) is 4.39 Å². The predicted octanol–water partition coefficient (Wildman–Crippen LogP) is 1.68. The van der Waals surface area contributed by atoms with E-state index in [2.05, 4.69) is 27.2 Å². The van der Waals surface area contributed by atoms with E-state index in [0.29, 0.717) is 24.0 Å². The topological polar surface area (TPSA) is 41.1 Å². The lowest BCUT2D eigenvalue weighted by Crippen LogP contribution is -2.32. The van der Waals surface area contributed by atoms with Gasteiger partial charge < -0.3 is 10.2 Å². The average molecular weight is 238 g/mol. The number of hydrogen-bond acceptors (Lipinski definition) is 4. The van der Waals surface area contributed by atoms with Gasteiger partial charge in [0.15, 0.2) is 11.6 Å². The maximum Gasteiger partial charge on any atom is 0.186 e. The Balaban J connectivity index is 1.99. The number of rotatable bonds is 4. The van der Waals surface area contributed by atoms with Gasteiger partial charge in [0.05, 0.1) is 5.69 Å². The first-order valence-electron chi connectivity index (χ1n) is 6.15. The van der Waals surface area contributed by atoms with Crippen molar-refractivity contribution in [2.75, 3.05) is 25.5 Å².